The van der Waals surface area contributed by atoms with Gasteiger partial charge >= 0.3 is 0 Å². The standard InChI is InChI=1S/C21H16BrN3O4S/c22-18-6-1-2-7-19(18)24-20(26)13-30-17-10-8-15(9-11-17)23-21(27)14-4-3-5-16(12-14)25(28)29/h1-12H,13H2,(H,23,27)(H,24,26). The first-order chi connectivity index (χ1) is 14.4. The summed E-state index contributed by atoms with van der Waals surface area (Å²) in [4.78, 5) is 35.6. The van der Waals surface area contributed by atoms with E-state index in [1.165, 1.54) is 36.0 Å². The predicted molar refractivity (Wildman–Crippen MR) is 121 cm³/mol. The molecule has 0 fully saturated rings. The van der Waals surface area contributed by atoms with Gasteiger partial charge in [0.2, 0.25) is 5.91 Å². The van der Waals surface area contributed by atoms with Crippen molar-refractivity contribution in [1.29, 1.82) is 0 Å². The highest BCUT2D eigenvalue weighted by Crippen LogP contribution is 2.24. The van der Waals surface area contributed by atoms with Gasteiger partial charge in [-0.1, -0.05) is 18.2 Å². The first-order valence-corrected chi connectivity index (χ1v) is 10.5. The number of non-ortho nitro benzene ring substituents is 1. The van der Waals surface area contributed by atoms with Crippen LogP contribution in [0.4, 0.5) is 17.1 Å². The average molecular weight is 486 g/mol. The Labute approximate surface area is 185 Å². The second-order valence-electron chi connectivity index (χ2n) is 6.10. The van der Waals surface area contributed by atoms with Gasteiger partial charge in [0.25, 0.3) is 11.6 Å². The van der Waals surface area contributed by atoms with Crippen molar-refractivity contribution in [2.75, 3.05) is 16.4 Å². The number of nitro groups is 1. The van der Waals surface area contributed by atoms with Crippen LogP contribution in [0.25, 0.3) is 0 Å². The summed E-state index contributed by atoms with van der Waals surface area (Å²) in [6, 6.07) is 19.9. The molecular weight excluding hydrogens is 470 g/mol. The number of nitrogens with zero attached hydrogens (tertiary/aromatic N) is 1. The number of hydrogen-bond donors (Lipinski definition) is 2. The quantitative estimate of drug-likeness (QED) is 0.267. The van der Waals surface area contributed by atoms with Gasteiger partial charge in [-0.15, -0.1) is 11.8 Å². The maximum absolute atomic E-state index is 12.3. The van der Waals surface area contributed by atoms with Crippen LogP contribution >= 0.6 is 27.7 Å². The minimum atomic E-state index is -0.546. The SMILES string of the molecule is O=C(CSc1ccc(NC(=O)c2cccc([N+](=O)[O-])c2)cc1)Nc1ccccc1Br. The first kappa shape index (κ1) is 21.5. The zero-order chi connectivity index (χ0) is 21.5. The van der Waals surface area contributed by atoms with Crippen molar-refractivity contribution in [2.45, 2.75) is 4.90 Å². The van der Waals surface area contributed by atoms with E-state index in [1.807, 2.05) is 24.3 Å². The largest absolute Gasteiger partial charge is 0.324 e. The van der Waals surface area contributed by atoms with Crippen LogP contribution in [0.5, 0.6) is 0 Å². The maximum Gasteiger partial charge on any atom is 0.270 e. The molecule has 0 aliphatic carbocycles. The van der Waals surface area contributed by atoms with Gasteiger partial charge in [0.1, 0.15) is 0 Å². The van der Waals surface area contributed by atoms with E-state index < -0.39 is 10.8 Å². The number of halogens is 1. The highest BCUT2D eigenvalue weighted by atomic mass is 79.9. The highest BCUT2D eigenvalue weighted by Gasteiger charge is 2.12. The summed E-state index contributed by atoms with van der Waals surface area (Å²) < 4.78 is 0.812. The van der Waals surface area contributed by atoms with Crippen LogP contribution in [-0.4, -0.2) is 22.5 Å². The number of rotatable bonds is 7. The molecule has 0 heterocycles. The Kier molecular flexibility index (Phi) is 7.21. The van der Waals surface area contributed by atoms with Crippen molar-refractivity contribution in [1.82, 2.24) is 0 Å². The number of carbonyl (C=O) groups excluding carboxylic acids is 2. The number of para-hydroxylation sites is 1. The maximum atomic E-state index is 12.3. The third kappa shape index (κ3) is 5.91. The molecule has 0 radical (unpaired) electrons. The fourth-order valence-corrected chi connectivity index (χ4v) is 3.58. The van der Waals surface area contributed by atoms with E-state index in [2.05, 4.69) is 26.6 Å². The monoisotopic (exact) mass is 485 g/mol. The van der Waals surface area contributed by atoms with E-state index in [0.717, 1.165) is 9.37 Å². The van der Waals surface area contributed by atoms with Crippen LogP contribution in [0.2, 0.25) is 0 Å². The molecule has 0 atom stereocenters. The molecule has 9 heteroatoms. The molecule has 3 aromatic rings. The minimum absolute atomic E-state index is 0.130. The Morgan fingerprint density at radius 1 is 0.967 bits per heavy atom. The van der Waals surface area contributed by atoms with E-state index >= 15 is 0 Å². The zero-order valence-corrected chi connectivity index (χ0v) is 17.9. The van der Waals surface area contributed by atoms with Crippen LogP contribution in [0.3, 0.4) is 0 Å². The Morgan fingerprint density at radius 2 is 1.70 bits per heavy atom. The second kappa shape index (κ2) is 10.0. The van der Waals surface area contributed by atoms with Crippen LogP contribution < -0.4 is 10.6 Å². The molecule has 30 heavy (non-hydrogen) atoms. The Hall–Kier alpha value is -3.17. The van der Waals surface area contributed by atoms with Gasteiger partial charge in [0, 0.05) is 32.8 Å². The molecule has 0 saturated carbocycles. The summed E-state index contributed by atoms with van der Waals surface area (Å²) in [5, 5.41) is 16.4. The minimum Gasteiger partial charge on any atom is -0.324 e. The molecule has 3 aromatic carbocycles. The lowest BCUT2D eigenvalue weighted by Crippen LogP contribution is -2.14. The van der Waals surface area contributed by atoms with Crippen LogP contribution in [0.1, 0.15) is 10.4 Å². The normalized spacial score (nSPS) is 10.3. The predicted octanol–water partition coefficient (Wildman–Crippen LogP) is 5.34. The number of carbonyl (C=O) groups is 2. The summed E-state index contributed by atoms with van der Waals surface area (Å²) in [7, 11) is 0. The molecule has 0 saturated heterocycles. The summed E-state index contributed by atoms with van der Waals surface area (Å²) in [5.41, 5.74) is 1.32. The number of anilines is 2. The van der Waals surface area contributed by atoms with Gasteiger partial charge < -0.3 is 10.6 Å². The van der Waals surface area contributed by atoms with Gasteiger partial charge in [0.05, 0.1) is 16.4 Å². The lowest BCUT2D eigenvalue weighted by atomic mass is 10.2. The number of thioether (sulfide) groups is 1. The highest BCUT2D eigenvalue weighted by molar-refractivity contribution is 9.10. The molecule has 2 N–H and O–H groups in total. The molecule has 0 aromatic heterocycles. The van der Waals surface area contributed by atoms with Crippen molar-refractivity contribution in [3.05, 3.63) is 92.9 Å². The van der Waals surface area contributed by atoms with Gasteiger partial charge in [-0.3, -0.25) is 19.7 Å². The summed E-state index contributed by atoms with van der Waals surface area (Å²) in [5.74, 6) is -0.331. The summed E-state index contributed by atoms with van der Waals surface area (Å²) in [6.07, 6.45) is 0. The summed E-state index contributed by atoms with van der Waals surface area (Å²) in [6.45, 7) is 0. The van der Waals surface area contributed by atoms with Crippen molar-refractivity contribution < 1.29 is 14.5 Å². The van der Waals surface area contributed by atoms with E-state index in [0.29, 0.717) is 11.4 Å². The van der Waals surface area contributed by atoms with Gasteiger partial charge in [0.15, 0.2) is 0 Å². The van der Waals surface area contributed by atoms with Gasteiger partial charge in [-0.05, 0) is 58.4 Å². The Morgan fingerprint density at radius 3 is 2.40 bits per heavy atom. The molecule has 2 amide bonds. The van der Waals surface area contributed by atoms with Gasteiger partial charge in [-0.25, -0.2) is 0 Å². The molecule has 0 spiro atoms. The first-order valence-electron chi connectivity index (χ1n) is 8.75. The molecule has 0 aliphatic rings. The molecule has 7 nitrogen and oxygen atoms in total. The topological polar surface area (TPSA) is 101 Å². The van der Waals surface area contributed by atoms with E-state index in [1.54, 1.807) is 24.3 Å². The lowest BCUT2D eigenvalue weighted by molar-refractivity contribution is -0.384. The average Bonchev–Trinajstić information content (AvgIpc) is 2.75. The van der Waals surface area contributed by atoms with Crippen molar-refractivity contribution in [2.24, 2.45) is 0 Å². The molecule has 3 rings (SSSR count). The van der Waals surface area contributed by atoms with Crippen LogP contribution in [-0.2, 0) is 4.79 Å². The van der Waals surface area contributed by atoms with Crippen molar-refractivity contribution in [3.63, 3.8) is 0 Å². The second-order valence-corrected chi connectivity index (χ2v) is 8.01. The number of nitrogens with one attached hydrogen (secondary N) is 2. The van der Waals surface area contributed by atoms with E-state index in [-0.39, 0.29) is 22.9 Å². The van der Waals surface area contributed by atoms with Gasteiger partial charge in [-0.2, -0.15) is 0 Å². The van der Waals surface area contributed by atoms with Crippen molar-refractivity contribution >= 4 is 56.6 Å². The third-order valence-corrected chi connectivity index (χ3v) is 5.65. The molecule has 0 unspecified atom stereocenters. The Balaban J connectivity index is 1.54. The zero-order valence-electron chi connectivity index (χ0n) is 15.5. The number of hydrogen-bond acceptors (Lipinski definition) is 5. The summed E-state index contributed by atoms with van der Waals surface area (Å²) >= 11 is 4.75. The lowest BCUT2D eigenvalue weighted by Gasteiger charge is -2.08. The van der Waals surface area contributed by atoms with Crippen LogP contribution in [0.15, 0.2) is 82.2 Å². The fourth-order valence-electron chi connectivity index (χ4n) is 2.50. The molecule has 152 valence electrons. The van der Waals surface area contributed by atoms with E-state index in [9.17, 15) is 19.7 Å². The van der Waals surface area contributed by atoms with Crippen LogP contribution in [0, 0.1) is 10.1 Å². The van der Waals surface area contributed by atoms with E-state index in [4.69, 9.17) is 0 Å². The molecule has 0 bridgehead atoms. The number of amides is 2. The molecule has 0 aliphatic heterocycles. The fraction of sp³-hybridized carbons (Fsp3) is 0.0476. The third-order valence-electron chi connectivity index (χ3n) is 3.95. The smallest absolute Gasteiger partial charge is 0.270 e. The number of benzene rings is 3. The van der Waals surface area contributed by atoms with Crippen molar-refractivity contribution in [3.8, 4) is 0 Å². The number of nitro benzene ring substituents is 1. The Bertz CT molecular complexity index is 1090. The molecular formula is C21H16BrN3O4S.